The van der Waals surface area contributed by atoms with Gasteiger partial charge >= 0.3 is 11.9 Å². The Labute approximate surface area is 126 Å². The summed E-state index contributed by atoms with van der Waals surface area (Å²) in [4.78, 5) is 23.2. The molecule has 5 N–H and O–H groups in total. The third kappa shape index (κ3) is 2.48. The molecule has 1 heterocycles. The van der Waals surface area contributed by atoms with Crippen LogP contribution in [0.2, 0.25) is 0 Å². The Morgan fingerprint density at radius 2 is 1.77 bits per heavy atom. The third-order valence-corrected chi connectivity index (χ3v) is 3.50. The third-order valence-electron chi connectivity index (χ3n) is 3.50. The van der Waals surface area contributed by atoms with Crippen molar-refractivity contribution in [1.82, 2.24) is 5.32 Å². The number of dihydropyridines is 1. The monoisotopic (exact) mass is 304 g/mol. The van der Waals surface area contributed by atoms with Gasteiger partial charge in [0.25, 0.3) is 0 Å². The number of nitrogens with one attached hydrogen (secondary N) is 1. The van der Waals surface area contributed by atoms with E-state index in [1.54, 1.807) is 24.3 Å². The quantitative estimate of drug-likeness (QED) is 0.654. The zero-order valence-electron chi connectivity index (χ0n) is 12.1. The number of nitrogens with two attached hydrogens (primary N) is 1. The van der Waals surface area contributed by atoms with Crippen molar-refractivity contribution in [1.29, 1.82) is 0 Å². The van der Waals surface area contributed by atoms with Crippen LogP contribution in [0, 0.1) is 0 Å². The number of carbonyl (C=O) groups is 2. The van der Waals surface area contributed by atoms with Crippen molar-refractivity contribution >= 4 is 11.9 Å². The fraction of sp³-hybridized carbons (Fsp3) is 0.200. The topological polar surface area (TPSA) is 122 Å². The molecular weight excluding hydrogens is 288 g/mol. The van der Waals surface area contributed by atoms with Crippen LogP contribution in [0.4, 0.5) is 0 Å². The number of carboxylic acids is 2. The Morgan fingerprint density at radius 1 is 1.18 bits per heavy atom. The average Bonchev–Trinajstić information content (AvgIpc) is 2.45. The fourth-order valence-electron chi connectivity index (χ4n) is 2.59. The van der Waals surface area contributed by atoms with Gasteiger partial charge in [-0.25, -0.2) is 9.59 Å². The van der Waals surface area contributed by atoms with E-state index in [9.17, 15) is 19.8 Å². The van der Waals surface area contributed by atoms with Crippen molar-refractivity contribution in [2.75, 3.05) is 7.11 Å². The molecule has 1 unspecified atom stereocenters. The van der Waals surface area contributed by atoms with E-state index in [0.717, 1.165) is 0 Å². The van der Waals surface area contributed by atoms with Gasteiger partial charge in [-0.1, -0.05) is 18.2 Å². The molecule has 1 aromatic rings. The number of carboxylic acid groups (broad SMARTS) is 2. The molecule has 22 heavy (non-hydrogen) atoms. The van der Waals surface area contributed by atoms with Gasteiger partial charge in [-0.05, 0) is 13.0 Å². The molecule has 0 aromatic heterocycles. The predicted molar refractivity (Wildman–Crippen MR) is 78.1 cm³/mol. The average molecular weight is 304 g/mol. The van der Waals surface area contributed by atoms with Crippen LogP contribution in [-0.4, -0.2) is 29.3 Å². The molecule has 0 saturated carbocycles. The molecule has 7 heteroatoms. The van der Waals surface area contributed by atoms with Gasteiger partial charge in [0, 0.05) is 11.3 Å². The van der Waals surface area contributed by atoms with Crippen LogP contribution < -0.4 is 15.8 Å². The molecule has 0 radical (unpaired) electrons. The molecule has 0 spiro atoms. The Hall–Kier alpha value is -2.96. The summed E-state index contributed by atoms with van der Waals surface area (Å²) >= 11 is 0. The maximum absolute atomic E-state index is 11.6. The second-order valence-corrected chi connectivity index (χ2v) is 4.78. The van der Waals surface area contributed by atoms with Crippen molar-refractivity contribution in [3.05, 3.63) is 52.5 Å². The highest BCUT2D eigenvalue weighted by Crippen LogP contribution is 2.41. The fourth-order valence-corrected chi connectivity index (χ4v) is 2.59. The summed E-state index contributed by atoms with van der Waals surface area (Å²) in [5.41, 5.74) is 6.21. The van der Waals surface area contributed by atoms with E-state index < -0.39 is 17.9 Å². The minimum absolute atomic E-state index is 0.0731. The van der Waals surface area contributed by atoms with Crippen molar-refractivity contribution in [2.24, 2.45) is 5.73 Å². The first-order valence-corrected chi connectivity index (χ1v) is 6.45. The van der Waals surface area contributed by atoms with Crippen LogP contribution in [0.15, 0.2) is 46.9 Å². The van der Waals surface area contributed by atoms with Gasteiger partial charge < -0.3 is 26.0 Å². The van der Waals surface area contributed by atoms with Gasteiger partial charge in [0.15, 0.2) is 0 Å². The van der Waals surface area contributed by atoms with Crippen LogP contribution in [0.1, 0.15) is 18.4 Å². The number of aliphatic carboxylic acids is 2. The van der Waals surface area contributed by atoms with E-state index in [1.165, 1.54) is 14.0 Å². The molecular formula is C15H16N2O5. The maximum atomic E-state index is 11.6. The van der Waals surface area contributed by atoms with Crippen LogP contribution in [-0.2, 0) is 9.59 Å². The molecule has 7 nitrogen and oxygen atoms in total. The lowest BCUT2D eigenvalue weighted by Crippen LogP contribution is -2.35. The highest BCUT2D eigenvalue weighted by Gasteiger charge is 2.38. The van der Waals surface area contributed by atoms with E-state index in [1.807, 2.05) is 0 Å². The first-order valence-electron chi connectivity index (χ1n) is 6.45. The highest BCUT2D eigenvalue weighted by molar-refractivity contribution is 5.98. The van der Waals surface area contributed by atoms with Gasteiger partial charge in [-0.3, -0.25) is 0 Å². The van der Waals surface area contributed by atoms with Crippen LogP contribution in [0.5, 0.6) is 5.75 Å². The summed E-state index contributed by atoms with van der Waals surface area (Å²) < 4.78 is 5.23. The normalized spacial score (nSPS) is 18.0. The largest absolute Gasteiger partial charge is 0.496 e. The molecule has 1 aromatic carbocycles. The second kappa shape index (κ2) is 5.80. The zero-order valence-corrected chi connectivity index (χ0v) is 12.1. The maximum Gasteiger partial charge on any atom is 0.336 e. The Kier molecular flexibility index (Phi) is 4.07. The molecule has 0 saturated heterocycles. The smallest absolute Gasteiger partial charge is 0.336 e. The molecule has 1 aliphatic rings. The molecule has 1 aliphatic heterocycles. The van der Waals surface area contributed by atoms with Crippen molar-refractivity contribution in [3.63, 3.8) is 0 Å². The van der Waals surface area contributed by atoms with E-state index in [0.29, 0.717) is 17.0 Å². The molecule has 0 bridgehead atoms. The van der Waals surface area contributed by atoms with Crippen molar-refractivity contribution in [2.45, 2.75) is 12.8 Å². The van der Waals surface area contributed by atoms with Crippen LogP contribution in [0.3, 0.4) is 0 Å². The van der Waals surface area contributed by atoms with Crippen molar-refractivity contribution in [3.8, 4) is 5.75 Å². The highest BCUT2D eigenvalue weighted by atomic mass is 16.5. The summed E-state index contributed by atoms with van der Waals surface area (Å²) in [6.07, 6.45) is 0. The van der Waals surface area contributed by atoms with Gasteiger partial charge in [0.05, 0.1) is 24.2 Å². The van der Waals surface area contributed by atoms with E-state index in [-0.39, 0.29) is 17.0 Å². The van der Waals surface area contributed by atoms with E-state index >= 15 is 0 Å². The number of methoxy groups -OCH3 is 1. The molecule has 0 aliphatic carbocycles. The second-order valence-electron chi connectivity index (χ2n) is 4.78. The molecule has 1 atom stereocenters. The van der Waals surface area contributed by atoms with E-state index in [4.69, 9.17) is 10.5 Å². The Balaban J connectivity index is 2.75. The lowest BCUT2D eigenvalue weighted by atomic mass is 9.81. The summed E-state index contributed by atoms with van der Waals surface area (Å²) in [5.74, 6) is -3.20. The number of hydrogen-bond acceptors (Lipinski definition) is 5. The number of benzene rings is 1. The van der Waals surface area contributed by atoms with Crippen molar-refractivity contribution < 1.29 is 24.5 Å². The minimum atomic E-state index is -1.29. The van der Waals surface area contributed by atoms with Gasteiger partial charge in [0.1, 0.15) is 11.6 Å². The SMILES string of the molecule is COc1ccccc1C1C(C(=O)O)=C(C)NC(N)=C1C(=O)O. The number of para-hydroxylation sites is 1. The lowest BCUT2D eigenvalue weighted by molar-refractivity contribution is -0.133. The Morgan fingerprint density at radius 3 is 2.32 bits per heavy atom. The predicted octanol–water partition coefficient (Wildman–Crippen LogP) is 0.996. The molecule has 116 valence electrons. The minimum Gasteiger partial charge on any atom is -0.496 e. The summed E-state index contributed by atoms with van der Waals surface area (Å²) in [6, 6.07) is 6.67. The standard InChI is InChI=1S/C15H16N2O5/c1-7-10(14(18)19)11(12(15(20)21)13(16)17-7)8-5-3-4-6-9(8)22-2/h3-6,11,17H,16H2,1-2H3,(H,18,19)(H,20,21). The van der Waals surface area contributed by atoms with Gasteiger partial charge in [-0.2, -0.15) is 0 Å². The van der Waals surface area contributed by atoms with Gasteiger partial charge in [-0.15, -0.1) is 0 Å². The summed E-state index contributed by atoms with van der Waals surface area (Å²) in [6.45, 7) is 1.54. The molecule has 0 fully saturated rings. The van der Waals surface area contributed by atoms with E-state index in [2.05, 4.69) is 5.32 Å². The molecule has 2 rings (SSSR count). The lowest BCUT2D eigenvalue weighted by Gasteiger charge is -2.29. The Bertz CT molecular complexity index is 670. The summed E-state index contributed by atoms with van der Waals surface area (Å²) in [7, 11) is 1.43. The first kappa shape index (κ1) is 15.4. The molecule has 0 amide bonds. The number of ether oxygens (including phenoxy) is 1. The van der Waals surface area contributed by atoms with Crippen LogP contribution in [0.25, 0.3) is 0 Å². The first-order chi connectivity index (χ1) is 10.4. The zero-order chi connectivity index (χ0) is 16.4. The van der Waals surface area contributed by atoms with Gasteiger partial charge in [0.2, 0.25) is 0 Å². The number of rotatable bonds is 4. The number of hydrogen-bond donors (Lipinski definition) is 4. The van der Waals surface area contributed by atoms with Crippen LogP contribution >= 0.6 is 0 Å². The summed E-state index contributed by atoms with van der Waals surface area (Å²) in [5, 5.41) is 21.6. The number of allylic oxidation sites excluding steroid dienone is 1.